The first-order valence-electron chi connectivity index (χ1n) is 7.93. The number of amidine groups is 1. The van der Waals surface area contributed by atoms with Crippen LogP contribution in [0.15, 0.2) is 17.4 Å². The van der Waals surface area contributed by atoms with Crippen molar-refractivity contribution in [2.75, 3.05) is 12.4 Å². The zero-order valence-corrected chi connectivity index (χ0v) is 13.7. The number of aliphatic imine (C=N–C) groups is 1. The van der Waals surface area contributed by atoms with Gasteiger partial charge >= 0.3 is 0 Å². The summed E-state index contributed by atoms with van der Waals surface area (Å²) in [5.74, 6) is 2.95. The minimum atomic E-state index is 0.0560. The lowest BCUT2D eigenvalue weighted by atomic mass is 10.2. The van der Waals surface area contributed by atoms with Gasteiger partial charge in [-0.2, -0.15) is 5.10 Å². The molecule has 2 N–H and O–H groups in total. The summed E-state index contributed by atoms with van der Waals surface area (Å²) in [6.07, 6.45) is 3.80. The van der Waals surface area contributed by atoms with Gasteiger partial charge in [-0.05, 0) is 26.7 Å². The second-order valence-electron chi connectivity index (χ2n) is 6.62. The lowest BCUT2D eigenvalue weighted by Gasteiger charge is -2.17. The molecule has 2 aliphatic rings. The van der Waals surface area contributed by atoms with Gasteiger partial charge in [-0.15, -0.1) is 0 Å². The SMILES string of the molecule is COc1c2c3c(ncnc3n1C1(C)CC1)N=C2Nc1cc(C)n[nH]1. The van der Waals surface area contributed by atoms with Gasteiger partial charge in [0, 0.05) is 11.6 Å². The number of nitrogens with one attached hydrogen (secondary N) is 2. The average molecular weight is 323 g/mol. The number of rotatable bonds is 3. The molecule has 8 heteroatoms. The first-order chi connectivity index (χ1) is 11.6. The van der Waals surface area contributed by atoms with E-state index in [1.165, 1.54) is 0 Å². The normalized spacial score (nSPS) is 17.2. The number of H-pyrrole nitrogens is 1. The molecule has 3 aromatic rings. The Morgan fingerprint density at radius 1 is 1.33 bits per heavy atom. The van der Waals surface area contributed by atoms with Crippen molar-refractivity contribution in [3.63, 3.8) is 0 Å². The van der Waals surface area contributed by atoms with E-state index in [4.69, 9.17) is 4.74 Å². The molecule has 1 aliphatic carbocycles. The fourth-order valence-corrected chi connectivity index (χ4v) is 3.34. The second-order valence-corrected chi connectivity index (χ2v) is 6.62. The van der Waals surface area contributed by atoms with Crippen LogP contribution in [0.2, 0.25) is 0 Å². The lowest BCUT2D eigenvalue weighted by molar-refractivity contribution is 0.352. The summed E-state index contributed by atoms with van der Waals surface area (Å²) in [7, 11) is 1.69. The lowest BCUT2D eigenvalue weighted by Crippen LogP contribution is -2.17. The van der Waals surface area contributed by atoms with E-state index >= 15 is 0 Å². The highest BCUT2D eigenvalue weighted by atomic mass is 16.5. The first kappa shape index (κ1) is 13.5. The molecule has 0 amide bonds. The largest absolute Gasteiger partial charge is 0.482 e. The van der Waals surface area contributed by atoms with Gasteiger partial charge in [0.1, 0.15) is 23.6 Å². The van der Waals surface area contributed by atoms with Crippen LogP contribution in [0.25, 0.3) is 11.0 Å². The molecule has 24 heavy (non-hydrogen) atoms. The molecule has 122 valence electrons. The van der Waals surface area contributed by atoms with Crippen molar-refractivity contribution in [1.29, 1.82) is 0 Å². The van der Waals surface area contributed by atoms with Gasteiger partial charge in [0.15, 0.2) is 5.82 Å². The predicted octanol–water partition coefficient (Wildman–Crippen LogP) is 2.48. The van der Waals surface area contributed by atoms with Crippen molar-refractivity contribution < 1.29 is 4.74 Å². The van der Waals surface area contributed by atoms with Crippen LogP contribution >= 0.6 is 0 Å². The molecule has 1 fully saturated rings. The summed E-state index contributed by atoms with van der Waals surface area (Å²) in [6, 6.07) is 1.93. The highest BCUT2D eigenvalue weighted by Gasteiger charge is 2.45. The van der Waals surface area contributed by atoms with Gasteiger partial charge in [-0.1, -0.05) is 0 Å². The Morgan fingerprint density at radius 2 is 2.17 bits per heavy atom. The Balaban J connectivity index is 1.72. The fraction of sp³-hybridized carbons (Fsp3) is 0.375. The maximum atomic E-state index is 5.77. The number of hydrogen-bond donors (Lipinski definition) is 2. The molecule has 0 aromatic carbocycles. The molecule has 8 nitrogen and oxygen atoms in total. The zero-order chi connectivity index (χ0) is 16.5. The van der Waals surface area contributed by atoms with Crippen molar-refractivity contribution in [3.8, 4) is 5.88 Å². The molecular weight excluding hydrogens is 306 g/mol. The third-order valence-corrected chi connectivity index (χ3v) is 4.81. The second kappa shape index (κ2) is 4.34. The summed E-state index contributed by atoms with van der Waals surface area (Å²) < 4.78 is 7.97. The number of aromatic amines is 1. The van der Waals surface area contributed by atoms with E-state index < -0.39 is 0 Å². The summed E-state index contributed by atoms with van der Waals surface area (Å²) in [5, 5.41) is 11.3. The molecule has 4 heterocycles. The molecule has 5 rings (SSSR count). The van der Waals surface area contributed by atoms with Crippen LogP contribution in [0.5, 0.6) is 5.88 Å². The van der Waals surface area contributed by atoms with Crippen LogP contribution in [0.4, 0.5) is 11.6 Å². The van der Waals surface area contributed by atoms with Crippen molar-refractivity contribution in [2.45, 2.75) is 32.2 Å². The van der Waals surface area contributed by atoms with Crippen molar-refractivity contribution in [2.24, 2.45) is 4.99 Å². The summed E-state index contributed by atoms with van der Waals surface area (Å²) in [5.41, 5.74) is 2.77. The molecule has 0 saturated heterocycles. The molecule has 0 bridgehead atoms. The Bertz CT molecular complexity index is 1010. The Morgan fingerprint density at radius 3 is 2.83 bits per heavy atom. The van der Waals surface area contributed by atoms with E-state index in [1.807, 2.05) is 13.0 Å². The molecule has 0 spiro atoms. The quantitative estimate of drug-likeness (QED) is 0.772. The van der Waals surface area contributed by atoms with Crippen LogP contribution in [0.1, 0.15) is 31.0 Å². The summed E-state index contributed by atoms with van der Waals surface area (Å²) in [4.78, 5) is 13.5. The van der Waals surface area contributed by atoms with E-state index in [-0.39, 0.29) is 5.54 Å². The molecule has 1 saturated carbocycles. The van der Waals surface area contributed by atoms with Gasteiger partial charge in [0.05, 0.1) is 23.8 Å². The Hall–Kier alpha value is -2.90. The van der Waals surface area contributed by atoms with E-state index in [0.29, 0.717) is 11.7 Å². The van der Waals surface area contributed by atoms with E-state index in [1.54, 1.807) is 13.4 Å². The van der Waals surface area contributed by atoms with Crippen LogP contribution in [0, 0.1) is 6.92 Å². The first-order valence-corrected chi connectivity index (χ1v) is 7.93. The number of nitrogens with zero attached hydrogens (tertiary/aromatic N) is 5. The molecular formula is C16H17N7O. The number of anilines is 1. The molecule has 0 atom stereocenters. The molecule has 3 aromatic heterocycles. The third kappa shape index (κ3) is 1.68. The fourth-order valence-electron chi connectivity index (χ4n) is 3.34. The van der Waals surface area contributed by atoms with E-state index in [2.05, 4.69) is 42.0 Å². The Labute approximate surface area is 138 Å². The van der Waals surface area contributed by atoms with Crippen molar-refractivity contribution >= 4 is 28.5 Å². The third-order valence-electron chi connectivity index (χ3n) is 4.81. The average Bonchev–Trinajstić information content (AvgIpc) is 2.94. The molecule has 1 aliphatic heterocycles. The van der Waals surface area contributed by atoms with Crippen molar-refractivity contribution in [1.82, 2.24) is 24.7 Å². The summed E-state index contributed by atoms with van der Waals surface area (Å²) >= 11 is 0. The minimum absolute atomic E-state index is 0.0560. The van der Waals surface area contributed by atoms with Gasteiger partial charge < -0.3 is 10.1 Å². The van der Waals surface area contributed by atoms with E-state index in [9.17, 15) is 0 Å². The topological polar surface area (TPSA) is 93.0 Å². The highest BCUT2D eigenvalue weighted by Crippen LogP contribution is 2.51. The van der Waals surface area contributed by atoms with Gasteiger partial charge in [-0.3, -0.25) is 9.67 Å². The number of aromatic nitrogens is 5. The molecule has 0 unspecified atom stereocenters. The zero-order valence-electron chi connectivity index (χ0n) is 13.7. The summed E-state index contributed by atoms with van der Waals surface area (Å²) in [6.45, 7) is 4.16. The maximum absolute atomic E-state index is 5.77. The monoisotopic (exact) mass is 323 g/mol. The number of hydrogen-bond acceptors (Lipinski definition) is 6. The van der Waals surface area contributed by atoms with Gasteiger partial charge in [0.2, 0.25) is 5.88 Å². The maximum Gasteiger partial charge on any atom is 0.207 e. The minimum Gasteiger partial charge on any atom is -0.482 e. The molecule has 0 radical (unpaired) electrons. The smallest absolute Gasteiger partial charge is 0.207 e. The standard InChI is InChI=1S/C16H17N7O/c1-8-6-9(22-21-8)19-13-11-10-12(20-13)17-7-18-14(10)23(15(11)24-3)16(2)4-5-16/h6-7H,4-5H2,1-3H3,(H2,17,18,19,20,21,22). The van der Waals surface area contributed by atoms with Crippen molar-refractivity contribution in [3.05, 3.63) is 23.7 Å². The Kier molecular flexibility index (Phi) is 2.45. The number of ether oxygens (including phenoxy) is 1. The predicted molar refractivity (Wildman–Crippen MR) is 90.1 cm³/mol. The van der Waals surface area contributed by atoms with E-state index in [0.717, 1.165) is 46.8 Å². The number of aryl methyl sites for hydroxylation is 1. The highest BCUT2D eigenvalue weighted by molar-refractivity contribution is 6.24. The van der Waals surface area contributed by atoms with Crippen LogP contribution in [-0.2, 0) is 5.54 Å². The van der Waals surface area contributed by atoms with Gasteiger partial charge in [0.25, 0.3) is 0 Å². The van der Waals surface area contributed by atoms with Crippen LogP contribution in [-0.4, -0.2) is 37.7 Å². The van der Waals surface area contributed by atoms with Crippen LogP contribution in [0.3, 0.4) is 0 Å². The number of methoxy groups -OCH3 is 1. The van der Waals surface area contributed by atoms with Crippen LogP contribution < -0.4 is 10.1 Å². The van der Waals surface area contributed by atoms with Gasteiger partial charge in [-0.25, -0.2) is 15.0 Å².